The van der Waals surface area contributed by atoms with Crippen molar-refractivity contribution in [2.45, 2.75) is 26.4 Å². The highest BCUT2D eigenvalue weighted by atomic mass is 19.4. The van der Waals surface area contributed by atoms with Crippen LogP contribution in [-0.4, -0.2) is 30.6 Å². The minimum Gasteiger partial charge on any atom is -0.382 e. The van der Waals surface area contributed by atoms with Gasteiger partial charge in [0.1, 0.15) is 11.5 Å². The van der Waals surface area contributed by atoms with E-state index in [-0.39, 0.29) is 5.69 Å². The molecule has 0 fully saturated rings. The molecule has 10 heteroatoms. The predicted octanol–water partition coefficient (Wildman–Crippen LogP) is 3.48. The first kappa shape index (κ1) is 20.6. The van der Waals surface area contributed by atoms with Gasteiger partial charge in [-0.1, -0.05) is 13.8 Å². The Hall–Kier alpha value is -2.39. The molecular weight excluding hydrogens is 322 g/mol. The molecular formula is C13H17F4N3O3. The normalized spacial score (nSPS) is 10.4. The Bertz CT molecular complexity index is 562. The number of anilines is 1. The molecule has 0 atom stereocenters. The summed E-state index contributed by atoms with van der Waals surface area (Å²) in [5.41, 5.74) is -1.40. The molecule has 0 aromatic heterocycles. The highest BCUT2D eigenvalue weighted by Gasteiger charge is 2.27. The van der Waals surface area contributed by atoms with Crippen LogP contribution in [-0.2, 0) is 0 Å². The molecule has 1 rings (SSSR count). The van der Waals surface area contributed by atoms with Gasteiger partial charge in [-0.05, 0) is 0 Å². The maximum atomic E-state index is 13.6. The van der Waals surface area contributed by atoms with Crippen molar-refractivity contribution in [3.05, 3.63) is 33.6 Å². The van der Waals surface area contributed by atoms with Crippen LogP contribution in [0.5, 0.6) is 0 Å². The Morgan fingerprint density at radius 2 is 1.87 bits per heavy atom. The van der Waals surface area contributed by atoms with Crippen LogP contribution < -0.4 is 10.6 Å². The molecule has 0 saturated heterocycles. The molecule has 1 amide bonds. The zero-order valence-electron chi connectivity index (χ0n) is 12.8. The number of nitrogens with zero attached hydrogens (tertiary/aromatic N) is 1. The number of benzene rings is 1. The minimum atomic E-state index is -4.46. The molecule has 0 saturated carbocycles. The standard InChI is InChI=1S/C11H11F4N3O3.C2H6/c1-16-8-5-7(12)6(4-9(8)18(20)21)10(19)17-3-2-11(13,14)15;1-2/h4-5,16H,2-3H2,1H3,(H,17,19);1-2H3. The van der Waals surface area contributed by atoms with E-state index in [4.69, 9.17) is 0 Å². The smallest absolute Gasteiger partial charge is 0.382 e. The highest BCUT2D eigenvalue weighted by molar-refractivity contribution is 5.96. The third kappa shape index (κ3) is 6.49. The molecule has 23 heavy (non-hydrogen) atoms. The molecule has 0 aliphatic carbocycles. The number of carbonyl (C=O) groups excluding carboxylic acids is 1. The van der Waals surface area contributed by atoms with Crippen LogP contribution in [0.25, 0.3) is 0 Å². The fourth-order valence-corrected chi connectivity index (χ4v) is 1.50. The summed E-state index contributed by atoms with van der Waals surface area (Å²) >= 11 is 0. The van der Waals surface area contributed by atoms with E-state index in [0.717, 1.165) is 6.07 Å². The number of hydrogen-bond donors (Lipinski definition) is 2. The molecule has 2 N–H and O–H groups in total. The number of nitro groups is 1. The van der Waals surface area contributed by atoms with E-state index in [1.54, 1.807) is 0 Å². The van der Waals surface area contributed by atoms with E-state index in [1.807, 2.05) is 19.2 Å². The third-order valence-corrected chi connectivity index (χ3v) is 2.49. The van der Waals surface area contributed by atoms with Crippen LogP contribution >= 0.6 is 0 Å². The fourth-order valence-electron chi connectivity index (χ4n) is 1.50. The molecule has 130 valence electrons. The zero-order chi connectivity index (χ0) is 18.2. The second-order valence-corrected chi connectivity index (χ2v) is 3.98. The maximum absolute atomic E-state index is 13.6. The Morgan fingerprint density at radius 1 is 1.30 bits per heavy atom. The molecule has 6 nitrogen and oxygen atoms in total. The first-order chi connectivity index (χ1) is 10.7. The molecule has 1 aromatic carbocycles. The van der Waals surface area contributed by atoms with Crippen LogP contribution in [0.1, 0.15) is 30.6 Å². The summed E-state index contributed by atoms with van der Waals surface area (Å²) in [6.07, 6.45) is -5.75. The molecule has 0 radical (unpaired) electrons. The van der Waals surface area contributed by atoms with E-state index in [2.05, 4.69) is 5.32 Å². The topological polar surface area (TPSA) is 84.3 Å². The number of alkyl halides is 3. The second kappa shape index (κ2) is 8.91. The lowest BCUT2D eigenvalue weighted by molar-refractivity contribution is -0.384. The van der Waals surface area contributed by atoms with E-state index in [1.165, 1.54) is 7.05 Å². The Balaban J connectivity index is 0.00000232. The number of amides is 1. The SMILES string of the molecule is CC.CNc1cc(F)c(C(=O)NCCC(F)(F)F)cc1[N+](=O)[O-]. The lowest BCUT2D eigenvalue weighted by Gasteiger charge is -2.09. The summed E-state index contributed by atoms with van der Waals surface area (Å²) < 4.78 is 49.4. The fraction of sp³-hybridized carbons (Fsp3) is 0.462. The first-order valence-corrected chi connectivity index (χ1v) is 6.66. The summed E-state index contributed by atoms with van der Waals surface area (Å²) in [4.78, 5) is 21.5. The van der Waals surface area contributed by atoms with Gasteiger partial charge in [0.2, 0.25) is 0 Å². The Morgan fingerprint density at radius 3 is 2.30 bits per heavy atom. The van der Waals surface area contributed by atoms with Crippen LogP contribution in [0.4, 0.5) is 28.9 Å². The van der Waals surface area contributed by atoms with Crippen LogP contribution in [0.2, 0.25) is 0 Å². The van der Waals surface area contributed by atoms with Crippen molar-refractivity contribution in [3.8, 4) is 0 Å². The van der Waals surface area contributed by atoms with Crippen LogP contribution in [0.3, 0.4) is 0 Å². The van der Waals surface area contributed by atoms with Crippen LogP contribution in [0, 0.1) is 15.9 Å². The summed E-state index contributed by atoms with van der Waals surface area (Å²) in [5.74, 6) is -2.23. The lowest BCUT2D eigenvalue weighted by Crippen LogP contribution is -2.28. The quantitative estimate of drug-likeness (QED) is 0.489. The van der Waals surface area contributed by atoms with Gasteiger partial charge in [-0.25, -0.2) is 4.39 Å². The summed E-state index contributed by atoms with van der Waals surface area (Å²) in [6, 6.07) is 1.40. The maximum Gasteiger partial charge on any atom is 0.390 e. The van der Waals surface area contributed by atoms with Crippen molar-refractivity contribution >= 4 is 17.3 Å². The number of halogens is 4. The number of carbonyl (C=O) groups is 1. The number of rotatable bonds is 5. The van der Waals surface area contributed by atoms with Gasteiger partial charge in [0, 0.05) is 25.7 Å². The highest BCUT2D eigenvalue weighted by Crippen LogP contribution is 2.27. The predicted molar refractivity (Wildman–Crippen MR) is 77.0 cm³/mol. The molecule has 0 bridgehead atoms. The number of nitro benzene ring substituents is 1. The van der Waals surface area contributed by atoms with Gasteiger partial charge in [-0.15, -0.1) is 0 Å². The van der Waals surface area contributed by atoms with E-state index in [0.29, 0.717) is 6.07 Å². The zero-order valence-corrected chi connectivity index (χ0v) is 12.8. The van der Waals surface area contributed by atoms with E-state index in [9.17, 15) is 32.5 Å². The monoisotopic (exact) mass is 339 g/mol. The summed E-state index contributed by atoms with van der Waals surface area (Å²) in [6.45, 7) is 3.25. The van der Waals surface area contributed by atoms with Gasteiger partial charge in [-0.2, -0.15) is 13.2 Å². The summed E-state index contributed by atoms with van der Waals surface area (Å²) in [5, 5.41) is 15.0. The van der Waals surface area contributed by atoms with Crippen LogP contribution in [0.15, 0.2) is 12.1 Å². The lowest BCUT2D eigenvalue weighted by atomic mass is 10.1. The largest absolute Gasteiger partial charge is 0.390 e. The van der Waals surface area contributed by atoms with Gasteiger partial charge in [0.25, 0.3) is 11.6 Å². The van der Waals surface area contributed by atoms with Crippen molar-refractivity contribution < 1.29 is 27.3 Å². The van der Waals surface area contributed by atoms with Gasteiger partial charge < -0.3 is 10.6 Å². The van der Waals surface area contributed by atoms with Crippen molar-refractivity contribution in [2.75, 3.05) is 18.9 Å². The average Bonchev–Trinajstić information content (AvgIpc) is 2.47. The van der Waals surface area contributed by atoms with E-state index < -0.39 is 47.0 Å². The van der Waals surface area contributed by atoms with Crippen molar-refractivity contribution in [3.63, 3.8) is 0 Å². The first-order valence-electron chi connectivity index (χ1n) is 6.66. The van der Waals surface area contributed by atoms with Gasteiger partial charge in [-0.3, -0.25) is 14.9 Å². The summed E-state index contributed by atoms with van der Waals surface area (Å²) in [7, 11) is 1.32. The molecule has 0 aliphatic rings. The average molecular weight is 339 g/mol. The molecule has 0 aliphatic heterocycles. The van der Waals surface area contributed by atoms with Gasteiger partial charge in [0.05, 0.1) is 16.9 Å². The van der Waals surface area contributed by atoms with Crippen molar-refractivity contribution in [1.82, 2.24) is 5.32 Å². The Kier molecular flexibility index (Phi) is 7.98. The second-order valence-electron chi connectivity index (χ2n) is 3.98. The van der Waals surface area contributed by atoms with Crippen molar-refractivity contribution in [1.29, 1.82) is 0 Å². The molecule has 1 aromatic rings. The minimum absolute atomic E-state index is 0.149. The molecule has 0 unspecified atom stereocenters. The van der Waals surface area contributed by atoms with Crippen molar-refractivity contribution in [2.24, 2.45) is 0 Å². The molecule has 0 spiro atoms. The molecule has 0 heterocycles. The third-order valence-electron chi connectivity index (χ3n) is 2.49. The van der Waals surface area contributed by atoms with Gasteiger partial charge in [0.15, 0.2) is 0 Å². The number of hydrogen-bond acceptors (Lipinski definition) is 4. The Labute approximate surface area is 130 Å². The number of nitrogens with one attached hydrogen (secondary N) is 2. The van der Waals surface area contributed by atoms with E-state index >= 15 is 0 Å². The van der Waals surface area contributed by atoms with Gasteiger partial charge >= 0.3 is 6.18 Å².